The molecule has 0 aromatic heterocycles. The molecule has 0 unspecified atom stereocenters. The van der Waals surface area contributed by atoms with Gasteiger partial charge in [0.25, 0.3) is 0 Å². The smallest absolute Gasteiger partial charge is 0.342 e. The van der Waals surface area contributed by atoms with Gasteiger partial charge in [-0.15, -0.1) is 0 Å². The average Bonchev–Trinajstić information content (AvgIpc) is 2.03. The lowest BCUT2D eigenvalue weighted by Crippen LogP contribution is -2.38. The van der Waals surface area contributed by atoms with Gasteiger partial charge in [0, 0.05) is 18.8 Å². The van der Waals surface area contributed by atoms with Gasteiger partial charge in [-0.2, -0.15) is 18.1 Å². The first kappa shape index (κ1) is 10.7. The highest BCUT2D eigenvalue weighted by molar-refractivity contribution is 7.80. The Bertz CT molecular complexity index is 122. The van der Waals surface area contributed by atoms with E-state index >= 15 is 0 Å². The molecule has 1 atom stereocenters. The van der Waals surface area contributed by atoms with E-state index in [-0.39, 0.29) is 5.75 Å². The largest absolute Gasteiger partial charge is 0.369 e. The molecule has 0 fully saturated rings. The molecule has 0 aliphatic rings. The number of thiol groups is 1. The van der Waals surface area contributed by atoms with Crippen LogP contribution < -0.4 is 16.9 Å². The highest BCUT2D eigenvalue weighted by Crippen LogP contribution is 1.85. The van der Waals surface area contributed by atoms with Crippen LogP contribution in [0.4, 0.5) is 0 Å². The highest BCUT2D eigenvalue weighted by atomic mass is 32.1. The van der Waals surface area contributed by atoms with Gasteiger partial charge in [0.2, 0.25) is 0 Å². The van der Waals surface area contributed by atoms with E-state index in [9.17, 15) is 4.79 Å². The first-order valence-electron chi connectivity index (χ1n) is 3.22. The van der Waals surface area contributed by atoms with Gasteiger partial charge in [0.15, 0.2) is 0 Å². The van der Waals surface area contributed by atoms with E-state index < -0.39 is 12.0 Å². The SMILES string of the molecule is NCCNOC(=O)[C@@H](N)CS. The van der Waals surface area contributed by atoms with Crippen molar-refractivity contribution in [2.45, 2.75) is 6.04 Å². The van der Waals surface area contributed by atoms with Crippen LogP contribution in [0.5, 0.6) is 0 Å². The van der Waals surface area contributed by atoms with E-state index in [1.54, 1.807) is 0 Å². The molecule has 0 bridgehead atoms. The van der Waals surface area contributed by atoms with Crippen LogP contribution in [0.2, 0.25) is 0 Å². The first-order valence-corrected chi connectivity index (χ1v) is 3.85. The molecule has 0 amide bonds. The lowest BCUT2D eigenvalue weighted by Gasteiger charge is -2.07. The van der Waals surface area contributed by atoms with Crippen LogP contribution in [0.25, 0.3) is 0 Å². The molecule has 0 aliphatic carbocycles. The summed E-state index contributed by atoms with van der Waals surface area (Å²) in [7, 11) is 0. The average molecular weight is 179 g/mol. The standard InChI is InChI=1S/C5H13N3O2S/c6-1-2-8-10-5(9)4(7)3-11/h4,8,11H,1-3,6-7H2/t4-/m0/s1. The van der Waals surface area contributed by atoms with Gasteiger partial charge in [-0.25, -0.2) is 4.79 Å². The van der Waals surface area contributed by atoms with E-state index in [0.29, 0.717) is 13.1 Å². The summed E-state index contributed by atoms with van der Waals surface area (Å²) in [6.07, 6.45) is 0. The molecule has 0 saturated carbocycles. The second-order valence-electron chi connectivity index (χ2n) is 1.89. The Balaban J connectivity index is 3.36. The molecule has 0 saturated heterocycles. The number of carbonyl (C=O) groups excluding carboxylic acids is 1. The van der Waals surface area contributed by atoms with E-state index in [0.717, 1.165) is 0 Å². The van der Waals surface area contributed by atoms with Crippen molar-refractivity contribution in [1.82, 2.24) is 5.48 Å². The van der Waals surface area contributed by atoms with Crippen molar-refractivity contribution >= 4 is 18.6 Å². The lowest BCUT2D eigenvalue weighted by molar-refractivity contribution is -0.151. The molecule has 0 aromatic carbocycles. The van der Waals surface area contributed by atoms with Crippen molar-refractivity contribution in [3.8, 4) is 0 Å². The molecular formula is C5H13N3O2S. The summed E-state index contributed by atoms with van der Waals surface area (Å²) in [6, 6.07) is -0.677. The number of rotatable bonds is 5. The summed E-state index contributed by atoms with van der Waals surface area (Å²) in [5, 5.41) is 0. The van der Waals surface area contributed by atoms with Gasteiger partial charge in [-0.05, 0) is 0 Å². The normalized spacial score (nSPS) is 12.6. The molecule has 0 spiro atoms. The molecule has 11 heavy (non-hydrogen) atoms. The predicted molar refractivity (Wildman–Crippen MR) is 45.0 cm³/mol. The second kappa shape index (κ2) is 6.41. The second-order valence-corrected chi connectivity index (χ2v) is 2.26. The number of hydrogen-bond acceptors (Lipinski definition) is 6. The Morgan fingerprint density at radius 3 is 2.82 bits per heavy atom. The third-order valence-electron chi connectivity index (χ3n) is 0.919. The Morgan fingerprint density at radius 1 is 1.73 bits per heavy atom. The maximum absolute atomic E-state index is 10.7. The zero-order chi connectivity index (χ0) is 8.69. The molecule has 6 heteroatoms. The number of carbonyl (C=O) groups is 1. The van der Waals surface area contributed by atoms with Crippen molar-refractivity contribution in [2.24, 2.45) is 11.5 Å². The van der Waals surface area contributed by atoms with Crippen LogP contribution in [-0.2, 0) is 9.63 Å². The maximum Gasteiger partial charge on any atom is 0.342 e. The quantitative estimate of drug-likeness (QED) is 0.228. The van der Waals surface area contributed by atoms with Crippen molar-refractivity contribution < 1.29 is 9.63 Å². The van der Waals surface area contributed by atoms with Crippen LogP contribution in [0.1, 0.15) is 0 Å². The summed E-state index contributed by atoms with van der Waals surface area (Å²) >= 11 is 3.82. The summed E-state index contributed by atoms with van der Waals surface area (Å²) in [4.78, 5) is 15.2. The van der Waals surface area contributed by atoms with Crippen LogP contribution in [0, 0.1) is 0 Å². The summed E-state index contributed by atoms with van der Waals surface area (Å²) in [5.41, 5.74) is 12.8. The Labute approximate surface area is 70.8 Å². The number of nitrogens with two attached hydrogens (primary N) is 2. The summed E-state index contributed by atoms with van der Waals surface area (Å²) in [6.45, 7) is 0.828. The zero-order valence-electron chi connectivity index (χ0n) is 6.12. The predicted octanol–water partition coefficient (Wildman–Crippen LogP) is -1.75. The van der Waals surface area contributed by atoms with Crippen molar-refractivity contribution in [3.05, 3.63) is 0 Å². The summed E-state index contributed by atoms with van der Waals surface area (Å²) in [5.74, 6) is -0.253. The topological polar surface area (TPSA) is 90.4 Å². The Hall–Kier alpha value is -0.300. The molecule has 5 N–H and O–H groups in total. The summed E-state index contributed by atoms with van der Waals surface area (Å²) < 4.78 is 0. The number of hydroxylamine groups is 1. The van der Waals surface area contributed by atoms with Crippen molar-refractivity contribution in [1.29, 1.82) is 0 Å². The van der Waals surface area contributed by atoms with E-state index in [2.05, 4.69) is 22.9 Å². The minimum atomic E-state index is -0.677. The minimum Gasteiger partial charge on any atom is -0.369 e. The van der Waals surface area contributed by atoms with E-state index in [4.69, 9.17) is 11.5 Å². The molecule has 5 nitrogen and oxygen atoms in total. The number of hydrogen-bond donors (Lipinski definition) is 4. The monoisotopic (exact) mass is 179 g/mol. The lowest BCUT2D eigenvalue weighted by atomic mass is 10.4. The van der Waals surface area contributed by atoms with Crippen LogP contribution in [0.3, 0.4) is 0 Å². The Kier molecular flexibility index (Phi) is 6.24. The van der Waals surface area contributed by atoms with Gasteiger partial charge in [-0.3, -0.25) is 0 Å². The van der Waals surface area contributed by atoms with Crippen LogP contribution in [-0.4, -0.2) is 30.9 Å². The van der Waals surface area contributed by atoms with Crippen molar-refractivity contribution in [3.63, 3.8) is 0 Å². The molecule has 0 rings (SSSR count). The highest BCUT2D eigenvalue weighted by Gasteiger charge is 2.12. The fourth-order valence-electron chi connectivity index (χ4n) is 0.331. The number of nitrogens with one attached hydrogen (secondary N) is 1. The molecule has 0 heterocycles. The van der Waals surface area contributed by atoms with Gasteiger partial charge in [-0.1, -0.05) is 0 Å². The van der Waals surface area contributed by atoms with Gasteiger partial charge >= 0.3 is 5.97 Å². The zero-order valence-corrected chi connectivity index (χ0v) is 7.01. The van der Waals surface area contributed by atoms with Gasteiger partial charge in [0.05, 0.1) is 0 Å². The van der Waals surface area contributed by atoms with Gasteiger partial charge < -0.3 is 16.3 Å². The molecular weight excluding hydrogens is 166 g/mol. The minimum absolute atomic E-state index is 0.267. The molecule has 0 aromatic rings. The van der Waals surface area contributed by atoms with E-state index in [1.165, 1.54) is 0 Å². The van der Waals surface area contributed by atoms with Crippen LogP contribution in [0.15, 0.2) is 0 Å². The molecule has 0 aliphatic heterocycles. The molecule has 0 radical (unpaired) electrons. The first-order chi connectivity index (χ1) is 5.22. The van der Waals surface area contributed by atoms with Gasteiger partial charge in [0.1, 0.15) is 6.04 Å². The third-order valence-corrected chi connectivity index (χ3v) is 1.31. The third kappa shape index (κ3) is 5.02. The Morgan fingerprint density at radius 2 is 2.36 bits per heavy atom. The van der Waals surface area contributed by atoms with Crippen LogP contribution >= 0.6 is 12.6 Å². The molecule has 66 valence electrons. The fraction of sp³-hybridized carbons (Fsp3) is 0.800. The fourth-order valence-corrected chi connectivity index (χ4v) is 0.480. The maximum atomic E-state index is 10.7. The van der Waals surface area contributed by atoms with E-state index in [1.807, 2.05) is 0 Å². The van der Waals surface area contributed by atoms with Crippen molar-refractivity contribution in [2.75, 3.05) is 18.8 Å².